The first-order valence-electron chi connectivity index (χ1n) is 11.6. The number of hydrogen-bond acceptors (Lipinski definition) is 7. The van der Waals surface area contributed by atoms with Crippen LogP contribution in [0.5, 0.6) is 5.75 Å². The van der Waals surface area contributed by atoms with Crippen LogP contribution in [0.25, 0.3) is 33.3 Å². The molecule has 4 aromatic rings. The molecule has 36 heavy (non-hydrogen) atoms. The zero-order valence-electron chi connectivity index (χ0n) is 19.5. The summed E-state index contributed by atoms with van der Waals surface area (Å²) in [7, 11) is -3.90. The van der Waals surface area contributed by atoms with Crippen LogP contribution in [0, 0.1) is 5.92 Å². The summed E-state index contributed by atoms with van der Waals surface area (Å²) in [6.07, 6.45) is 2.76. The fourth-order valence-corrected chi connectivity index (χ4v) is 5.88. The Kier molecular flexibility index (Phi) is 6.22. The molecule has 3 N–H and O–H groups in total. The molecule has 1 aliphatic rings. The number of nitrogens with one attached hydrogen (secondary N) is 2. The number of carbonyl (C=O) groups is 1. The number of aromatic amines is 2. The lowest BCUT2D eigenvalue weighted by Crippen LogP contribution is -2.40. The molecular weight excluding hydrogens is 486 g/mol. The van der Waals surface area contributed by atoms with E-state index in [9.17, 15) is 23.1 Å². The maximum atomic E-state index is 13.4. The maximum Gasteiger partial charge on any atom is 0.306 e. The van der Waals surface area contributed by atoms with E-state index in [-0.39, 0.29) is 42.2 Å². The predicted molar refractivity (Wildman–Crippen MR) is 132 cm³/mol. The number of piperidine rings is 1. The second kappa shape index (κ2) is 9.36. The number of hydrogen-bond donors (Lipinski definition) is 3. The van der Waals surface area contributed by atoms with Crippen LogP contribution in [-0.2, 0) is 14.8 Å². The van der Waals surface area contributed by atoms with Gasteiger partial charge in [0.05, 0.1) is 51.2 Å². The number of aliphatic carboxylic acids is 1. The van der Waals surface area contributed by atoms with Crippen molar-refractivity contribution in [2.45, 2.75) is 31.1 Å². The Labute approximate surface area is 206 Å². The highest BCUT2D eigenvalue weighted by Gasteiger charge is 2.32. The van der Waals surface area contributed by atoms with Crippen LogP contribution < -0.4 is 10.3 Å². The molecule has 0 saturated carbocycles. The van der Waals surface area contributed by atoms with Gasteiger partial charge >= 0.3 is 5.97 Å². The molecule has 1 fully saturated rings. The third-order valence-electron chi connectivity index (χ3n) is 6.36. The molecule has 188 valence electrons. The van der Waals surface area contributed by atoms with Gasteiger partial charge in [0.25, 0.3) is 5.56 Å². The molecule has 11 nitrogen and oxygen atoms in total. The first-order chi connectivity index (χ1) is 17.3. The average molecular weight is 512 g/mol. The lowest BCUT2D eigenvalue weighted by molar-refractivity contribution is -0.142. The Hall–Kier alpha value is -3.77. The number of aromatic nitrogens is 4. The molecule has 1 saturated heterocycles. The van der Waals surface area contributed by atoms with E-state index >= 15 is 0 Å². The van der Waals surface area contributed by atoms with Gasteiger partial charge in [-0.15, -0.1) is 0 Å². The smallest absolute Gasteiger partial charge is 0.306 e. The molecule has 3 heterocycles. The van der Waals surface area contributed by atoms with E-state index in [0.29, 0.717) is 39.9 Å². The van der Waals surface area contributed by atoms with Gasteiger partial charge in [-0.05, 0) is 49.6 Å². The van der Waals surface area contributed by atoms with E-state index in [2.05, 4.69) is 19.9 Å². The van der Waals surface area contributed by atoms with Crippen molar-refractivity contribution < 1.29 is 23.1 Å². The van der Waals surface area contributed by atoms with Crippen LogP contribution in [0.15, 0.2) is 46.3 Å². The summed E-state index contributed by atoms with van der Waals surface area (Å²) in [4.78, 5) is 38.8. The summed E-state index contributed by atoms with van der Waals surface area (Å²) in [6.45, 7) is 2.58. The molecule has 2 aromatic carbocycles. The van der Waals surface area contributed by atoms with Crippen LogP contribution in [-0.4, -0.2) is 63.4 Å². The number of imidazole rings is 1. The Morgan fingerprint density at radius 1 is 1.19 bits per heavy atom. The number of rotatable bonds is 7. The fourth-order valence-electron chi connectivity index (χ4n) is 4.38. The summed E-state index contributed by atoms with van der Waals surface area (Å²) in [5.74, 6) is -0.895. The Morgan fingerprint density at radius 3 is 2.69 bits per heavy atom. The predicted octanol–water partition coefficient (Wildman–Crippen LogP) is 2.74. The number of H-pyrrole nitrogens is 2. The van der Waals surface area contributed by atoms with Crippen molar-refractivity contribution in [2.75, 3.05) is 19.7 Å². The third kappa shape index (κ3) is 4.33. The van der Waals surface area contributed by atoms with Gasteiger partial charge in [-0.2, -0.15) is 4.31 Å². The lowest BCUT2D eigenvalue weighted by Gasteiger charge is -2.29. The minimum Gasteiger partial charge on any atom is -0.493 e. The molecule has 0 aliphatic carbocycles. The monoisotopic (exact) mass is 511 g/mol. The minimum atomic E-state index is -3.90. The molecule has 0 radical (unpaired) electrons. The topological polar surface area (TPSA) is 158 Å². The third-order valence-corrected chi connectivity index (χ3v) is 8.25. The van der Waals surface area contributed by atoms with Crippen LogP contribution in [0.3, 0.4) is 0 Å². The Balaban J connectivity index is 1.58. The highest BCUT2D eigenvalue weighted by Crippen LogP contribution is 2.33. The van der Waals surface area contributed by atoms with Crippen LogP contribution >= 0.6 is 0 Å². The molecule has 1 aliphatic heterocycles. The van der Waals surface area contributed by atoms with Crippen molar-refractivity contribution in [1.82, 2.24) is 24.2 Å². The molecule has 0 spiro atoms. The summed E-state index contributed by atoms with van der Waals surface area (Å²) >= 11 is 0. The van der Waals surface area contributed by atoms with Crippen molar-refractivity contribution in [2.24, 2.45) is 5.92 Å². The average Bonchev–Trinajstić information content (AvgIpc) is 3.33. The van der Waals surface area contributed by atoms with Gasteiger partial charge in [-0.25, -0.2) is 18.4 Å². The van der Waals surface area contributed by atoms with Gasteiger partial charge < -0.3 is 19.8 Å². The SMILES string of the molecule is CCCOc1ccc(S(=O)(=O)N2CCC(C(=O)O)CC2)cc1-c1nc2cc3nc[nH]c3cc2c(=O)[nH]1. The largest absolute Gasteiger partial charge is 0.493 e. The molecule has 0 bridgehead atoms. The van der Waals surface area contributed by atoms with Crippen LogP contribution in [0.4, 0.5) is 0 Å². The highest BCUT2D eigenvalue weighted by molar-refractivity contribution is 7.89. The van der Waals surface area contributed by atoms with E-state index in [0.717, 1.165) is 6.42 Å². The number of nitrogens with zero attached hydrogens (tertiary/aromatic N) is 3. The number of sulfonamides is 1. The van der Waals surface area contributed by atoms with Crippen molar-refractivity contribution in [1.29, 1.82) is 0 Å². The van der Waals surface area contributed by atoms with Gasteiger partial charge in [0.2, 0.25) is 10.0 Å². The minimum absolute atomic E-state index is 0.0145. The second-order valence-corrected chi connectivity index (χ2v) is 10.7. The number of fused-ring (bicyclic) bond motifs is 2. The highest BCUT2D eigenvalue weighted by atomic mass is 32.2. The Morgan fingerprint density at radius 2 is 1.97 bits per heavy atom. The fraction of sp³-hybridized carbons (Fsp3) is 0.333. The van der Waals surface area contributed by atoms with E-state index in [1.807, 2.05) is 6.92 Å². The van der Waals surface area contributed by atoms with Gasteiger partial charge in [-0.3, -0.25) is 9.59 Å². The van der Waals surface area contributed by atoms with Crippen molar-refractivity contribution in [3.63, 3.8) is 0 Å². The van der Waals surface area contributed by atoms with Crippen molar-refractivity contribution in [3.8, 4) is 17.1 Å². The molecule has 0 unspecified atom stereocenters. The standard InChI is InChI=1S/C24H25N5O6S/c1-2-9-35-21-4-3-15(36(33,34)29-7-5-14(6-8-29)24(31)32)10-17(21)22-27-18-12-20-19(25-13-26-20)11-16(18)23(30)28-22/h3-4,10-14H,2,5-9H2,1H3,(H,25,26)(H,31,32)(H,27,28,30). The van der Waals surface area contributed by atoms with Crippen LogP contribution in [0.1, 0.15) is 26.2 Å². The normalized spacial score (nSPS) is 15.5. The molecular formula is C24H25N5O6S. The van der Waals surface area contributed by atoms with Crippen molar-refractivity contribution >= 4 is 37.9 Å². The molecule has 2 aromatic heterocycles. The molecule has 0 atom stereocenters. The Bertz CT molecular complexity index is 1620. The molecule has 0 amide bonds. The first-order valence-corrected chi connectivity index (χ1v) is 13.1. The number of ether oxygens (including phenoxy) is 1. The van der Waals surface area contributed by atoms with E-state index in [1.54, 1.807) is 18.2 Å². The molecule has 12 heteroatoms. The second-order valence-electron chi connectivity index (χ2n) is 8.73. The van der Waals surface area contributed by atoms with Gasteiger partial charge in [0.15, 0.2) is 0 Å². The van der Waals surface area contributed by atoms with Gasteiger partial charge in [0.1, 0.15) is 11.6 Å². The quantitative estimate of drug-likeness (QED) is 0.342. The summed E-state index contributed by atoms with van der Waals surface area (Å²) in [5.41, 5.74) is 1.73. The number of benzene rings is 2. The van der Waals surface area contributed by atoms with Crippen molar-refractivity contribution in [3.05, 3.63) is 47.0 Å². The number of carboxylic acid groups (broad SMARTS) is 1. The lowest BCUT2D eigenvalue weighted by atomic mass is 9.99. The first kappa shape index (κ1) is 23.9. The van der Waals surface area contributed by atoms with E-state index < -0.39 is 21.9 Å². The zero-order valence-corrected chi connectivity index (χ0v) is 20.3. The maximum absolute atomic E-state index is 13.4. The summed E-state index contributed by atoms with van der Waals surface area (Å²) < 4.78 is 34.0. The zero-order chi connectivity index (χ0) is 25.4. The number of carboxylic acids is 1. The van der Waals surface area contributed by atoms with E-state index in [4.69, 9.17) is 4.74 Å². The van der Waals surface area contributed by atoms with Gasteiger partial charge in [0, 0.05) is 13.1 Å². The van der Waals surface area contributed by atoms with Crippen LogP contribution in [0.2, 0.25) is 0 Å². The van der Waals surface area contributed by atoms with Gasteiger partial charge in [-0.1, -0.05) is 6.92 Å². The van der Waals surface area contributed by atoms with E-state index in [1.165, 1.54) is 22.8 Å². The summed E-state index contributed by atoms with van der Waals surface area (Å²) in [6, 6.07) is 7.83. The molecule has 5 rings (SSSR count). The summed E-state index contributed by atoms with van der Waals surface area (Å²) in [5, 5.41) is 9.60.